The molecule has 5 rings (SSSR count). The van der Waals surface area contributed by atoms with Crippen LogP contribution in [0.5, 0.6) is 0 Å². The number of amides is 2. The normalized spacial score (nSPS) is 17.0. The van der Waals surface area contributed by atoms with Crippen molar-refractivity contribution in [2.75, 3.05) is 19.4 Å². The Morgan fingerprint density at radius 3 is 2.42 bits per heavy atom. The zero-order valence-corrected chi connectivity index (χ0v) is 23.0. The lowest BCUT2D eigenvalue weighted by Gasteiger charge is -2.32. The highest BCUT2D eigenvalue weighted by Crippen LogP contribution is 2.27. The minimum Gasteiger partial charge on any atom is -0.348 e. The number of hydrogen-bond acceptors (Lipinski definition) is 5. The second-order valence-electron chi connectivity index (χ2n) is 10.1. The molecule has 0 radical (unpaired) electrons. The molecule has 1 saturated carbocycles. The number of carbonyl (C=O) groups is 2. The molecule has 2 amide bonds. The second kappa shape index (κ2) is 12.0. The van der Waals surface area contributed by atoms with Crippen molar-refractivity contribution in [2.45, 2.75) is 37.8 Å². The fraction of sp³-hybridized carbons (Fsp3) is 0.267. The topological polar surface area (TPSA) is 92.2 Å². The van der Waals surface area contributed by atoms with E-state index in [2.05, 4.69) is 39.7 Å². The Labute approximate surface area is 237 Å². The van der Waals surface area contributed by atoms with Gasteiger partial charge >= 0.3 is 0 Å². The third kappa shape index (κ3) is 6.05. The van der Waals surface area contributed by atoms with Crippen molar-refractivity contribution in [3.8, 4) is 16.9 Å². The van der Waals surface area contributed by atoms with Crippen molar-refractivity contribution in [1.82, 2.24) is 25.0 Å². The van der Waals surface area contributed by atoms with Gasteiger partial charge in [0.25, 0.3) is 11.8 Å². The van der Waals surface area contributed by atoms with Crippen LogP contribution in [0.1, 0.15) is 46.5 Å². The van der Waals surface area contributed by atoms with E-state index < -0.39 is 11.7 Å². The van der Waals surface area contributed by atoms with Crippen LogP contribution in [0, 0.1) is 5.82 Å². The molecule has 8 nitrogen and oxygen atoms in total. The number of nitrogens with zero attached hydrogens (tertiary/aromatic N) is 4. The molecular formula is C30H30ClFN6O2. The van der Waals surface area contributed by atoms with Crippen LogP contribution < -0.4 is 10.6 Å². The Hall–Kier alpha value is -4.08. The number of aromatic nitrogens is 3. The van der Waals surface area contributed by atoms with Gasteiger partial charge in [-0.15, -0.1) is 0 Å². The maximum Gasteiger partial charge on any atom is 0.272 e. The third-order valence-corrected chi connectivity index (χ3v) is 7.52. The molecule has 2 aromatic carbocycles. The lowest BCUT2D eigenvalue weighted by atomic mass is 9.90. The van der Waals surface area contributed by atoms with Crippen LogP contribution in [-0.2, 0) is 0 Å². The molecule has 0 unspecified atom stereocenters. The van der Waals surface area contributed by atoms with Crippen molar-refractivity contribution in [3.63, 3.8) is 0 Å². The molecule has 2 heterocycles. The Morgan fingerprint density at radius 2 is 1.73 bits per heavy atom. The van der Waals surface area contributed by atoms with Gasteiger partial charge in [0.1, 0.15) is 17.3 Å². The standard InChI is InChI=1S/C30H30ClFN6O2/c1-37(2)21-13-11-20(12-14-21)34-30(40)26-18-27(38(36-26)22-7-4-3-5-8-22)35-29(39)23-17-19(10-15-24(23)31)28-25(32)9-6-16-33-28/h3-10,15-18,20-21H,11-14H2,1-2H3,(H,34,40)(H,35,39). The average molecular weight is 561 g/mol. The quantitative estimate of drug-likeness (QED) is 0.308. The summed E-state index contributed by atoms with van der Waals surface area (Å²) in [5.41, 5.74) is 1.51. The predicted molar refractivity (Wildman–Crippen MR) is 153 cm³/mol. The van der Waals surface area contributed by atoms with Crippen LogP contribution in [0.4, 0.5) is 10.2 Å². The van der Waals surface area contributed by atoms with Crippen LogP contribution in [0.2, 0.25) is 5.02 Å². The fourth-order valence-electron chi connectivity index (χ4n) is 4.97. The Bertz CT molecular complexity index is 1520. The Morgan fingerprint density at radius 1 is 0.975 bits per heavy atom. The highest BCUT2D eigenvalue weighted by Gasteiger charge is 2.26. The number of carbonyl (C=O) groups excluding carboxylic acids is 2. The highest BCUT2D eigenvalue weighted by atomic mass is 35.5. The van der Waals surface area contributed by atoms with Crippen molar-refractivity contribution in [2.24, 2.45) is 0 Å². The van der Waals surface area contributed by atoms with Crippen LogP contribution in [0.3, 0.4) is 0 Å². The lowest BCUT2D eigenvalue weighted by Crippen LogP contribution is -2.41. The molecule has 0 spiro atoms. The smallest absolute Gasteiger partial charge is 0.272 e. The molecule has 206 valence electrons. The van der Waals surface area contributed by atoms with Crippen molar-refractivity contribution in [3.05, 3.63) is 95.0 Å². The molecule has 0 aliphatic heterocycles. The summed E-state index contributed by atoms with van der Waals surface area (Å²) in [7, 11) is 4.16. The molecule has 10 heteroatoms. The van der Waals surface area contributed by atoms with E-state index in [0.29, 0.717) is 23.1 Å². The van der Waals surface area contributed by atoms with Gasteiger partial charge in [0.15, 0.2) is 5.69 Å². The molecule has 0 atom stereocenters. The summed E-state index contributed by atoms with van der Waals surface area (Å²) < 4.78 is 15.9. The molecule has 1 fully saturated rings. The summed E-state index contributed by atoms with van der Waals surface area (Å²) in [5, 5.41) is 10.6. The summed E-state index contributed by atoms with van der Waals surface area (Å²) in [4.78, 5) is 32.9. The molecular weight excluding hydrogens is 531 g/mol. The second-order valence-corrected chi connectivity index (χ2v) is 10.5. The van der Waals surface area contributed by atoms with Gasteiger partial charge in [-0.2, -0.15) is 5.10 Å². The van der Waals surface area contributed by atoms with Crippen LogP contribution in [-0.4, -0.2) is 57.7 Å². The zero-order chi connectivity index (χ0) is 28.2. The van der Waals surface area contributed by atoms with Gasteiger partial charge in [-0.25, -0.2) is 9.07 Å². The first-order valence-corrected chi connectivity index (χ1v) is 13.5. The van der Waals surface area contributed by atoms with Crippen molar-refractivity contribution >= 4 is 29.2 Å². The number of rotatable bonds is 7. The fourth-order valence-corrected chi connectivity index (χ4v) is 5.17. The number of para-hydroxylation sites is 1. The zero-order valence-electron chi connectivity index (χ0n) is 22.3. The van der Waals surface area contributed by atoms with E-state index in [1.807, 2.05) is 30.3 Å². The summed E-state index contributed by atoms with van der Waals surface area (Å²) in [5.74, 6) is -1.05. The maximum atomic E-state index is 14.3. The van der Waals surface area contributed by atoms with Crippen LogP contribution in [0.25, 0.3) is 16.9 Å². The molecule has 2 aromatic heterocycles. The highest BCUT2D eigenvalue weighted by molar-refractivity contribution is 6.34. The van der Waals surface area contributed by atoms with E-state index >= 15 is 0 Å². The number of hydrogen-bond donors (Lipinski definition) is 2. The third-order valence-electron chi connectivity index (χ3n) is 7.19. The summed E-state index contributed by atoms with van der Waals surface area (Å²) >= 11 is 6.37. The van der Waals surface area contributed by atoms with Crippen molar-refractivity contribution in [1.29, 1.82) is 0 Å². The first-order chi connectivity index (χ1) is 19.3. The number of nitrogens with one attached hydrogen (secondary N) is 2. The van der Waals surface area contributed by atoms with Crippen molar-refractivity contribution < 1.29 is 14.0 Å². The molecule has 4 aromatic rings. The minimum atomic E-state index is -0.533. The summed E-state index contributed by atoms with van der Waals surface area (Å²) in [6.07, 6.45) is 5.29. The summed E-state index contributed by atoms with van der Waals surface area (Å²) in [6.45, 7) is 0. The van der Waals surface area contributed by atoms with E-state index in [1.165, 1.54) is 35.1 Å². The molecule has 1 aliphatic carbocycles. The number of halogens is 2. The molecule has 0 bridgehead atoms. The van der Waals surface area contributed by atoms with Gasteiger partial charge in [0.05, 0.1) is 16.3 Å². The van der Waals surface area contributed by atoms with E-state index in [0.717, 1.165) is 25.7 Å². The Balaban J connectivity index is 1.40. The van der Waals surface area contributed by atoms with E-state index in [4.69, 9.17) is 11.6 Å². The van der Waals surface area contributed by atoms with Crippen LogP contribution in [0.15, 0.2) is 72.9 Å². The van der Waals surface area contributed by atoms with E-state index in [1.54, 1.807) is 12.1 Å². The molecule has 40 heavy (non-hydrogen) atoms. The predicted octanol–water partition coefficient (Wildman–Crippen LogP) is 5.58. The van der Waals surface area contributed by atoms with Gasteiger partial charge in [0, 0.05) is 29.9 Å². The number of anilines is 1. The largest absolute Gasteiger partial charge is 0.348 e. The Kier molecular flexibility index (Phi) is 8.23. The van der Waals surface area contributed by atoms with Crippen LogP contribution >= 0.6 is 11.6 Å². The number of benzene rings is 2. The SMILES string of the molecule is CN(C)C1CCC(NC(=O)c2cc(NC(=O)c3cc(-c4ncccc4F)ccc3Cl)n(-c3ccccc3)n2)CC1. The summed E-state index contributed by atoms with van der Waals surface area (Å²) in [6, 6.07) is 18.7. The van der Waals surface area contributed by atoms with Gasteiger partial charge in [-0.1, -0.05) is 35.9 Å². The first kappa shape index (κ1) is 27.5. The van der Waals surface area contributed by atoms with Gasteiger partial charge < -0.3 is 15.5 Å². The monoisotopic (exact) mass is 560 g/mol. The van der Waals surface area contributed by atoms with E-state index in [-0.39, 0.29) is 33.9 Å². The van der Waals surface area contributed by atoms with E-state index in [9.17, 15) is 14.0 Å². The maximum absolute atomic E-state index is 14.3. The molecule has 0 saturated heterocycles. The average Bonchev–Trinajstić information content (AvgIpc) is 3.38. The molecule has 2 N–H and O–H groups in total. The lowest BCUT2D eigenvalue weighted by molar-refractivity contribution is 0.0910. The first-order valence-electron chi connectivity index (χ1n) is 13.1. The molecule has 1 aliphatic rings. The van der Waals surface area contributed by atoms with Gasteiger partial charge in [0.2, 0.25) is 0 Å². The minimum absolute atomic E-state index is 0.0668. The van der Waals surface area contributed by atoms with Gasteiger partial charge in [-0.3, -0.25) is 14.6 Å². The van der Waals surface area contributed by atoms with Gasteiger partial charge in [-0.05, 0) is 76.2 Å². The number of pyridine rings is 1.